The molecule has 1 aliphatic carbocycles. The Kier molecular flexibility index (Phi) is 5.90. The number of hydrogen-bond donors (Lipinski definition) is 0. The molecule has 0 bridgehead atoms. The minimum atomic E-state index is -3.24. The van der Waals surface area contributed by atoms with Crippen molar-refractivity contribution in [3.8, 4) is 22.5 Å². The minimum absolute atomic E-state index is 0.0434. The van der Waals surface area contributed by atoms with Crippen LogP contribution in [-0.4, -0.2) is 19.3 Å². The highest BCUT2D eigenvalue weighted by molar-refractivity contribution is 7.90. The zero-order valence-corrected chi connectivity index (χ0v) is 19.5. The van der Waals surface area contributed by atoms with E-state index in [0.717, 1.165) is 33.9 Å². The number of benzene rings is 3. The Morgan fingerprint density at radius 1 is 0.848 bits per heavy atom. The quantitative estimate of drug-likeness (QED) is 0.309. The summed E-state index contributed by atoms with van der Waals surface area (Å²) in [6.07, 6.45) is 2.99. The monoisotopic (exact) mass is 457 g/mol. The molecular formula is C28H27NO3S. The lowest BCUT2D eigenvalue weighted by Gasteiger charge is -2.07. The molecule has 0 atom stereocenters. The van der Waals surface area contributed by atoms with Crippen LogP contribution in [0.2, 0.25) is 0 Å². The highest BCUT2D eigenvalue weighted by Gasteiger charge is 2.23. The van der Waals surface area contributed by atoms with Crippen LogP contribution in [0, 0.1) is 6.92 Å². The molecule has 1 fully saturated rings. The number of rotatable bonds is 8. The van der Waals surface area contributed by atoms with Gasteiger partial charge in [-0.25, -0.2) is 8.42 Å². The summed E-state index contributed by atoms with van der Waals surface area (Å²) in [4.78, 5) is 0. The van der Waals surface area contributed by atoms with Gasteiger partial charge in [0.1, 0.15) is 0 Å². The summed E-state index contributed by atoms with van der Waals surface area (Å²) in [5.74, 6) is 1.51. The standard InChI is InChI=1S/C28H27NO3S/c1-20-27(17-18-33(30,31)19-21-5-3-2-4-6-21)28(32-29-20)26-15-13-25(14-16-26)24-11-9-23(10-12-24)22-7-8-22/h2-6,9-16,22H,7-8,17-19H2,1H3. The van der Waals surface area contributed by atoms with E-state index in [1.807, 2.05) is 49.4 Å². The van der Waals surface area contributed by atoms with Gasteiger partial charge in [-0.1, -0.05) is 84.0 Å². The second-order valence-corrected chi connectivity index (χ2v) is 11.1. The van der Waals surface area contributed by atoms with E-state index in [1.165, 1.54) is 24.0 Å². The van der Waals surface area contributed by atoms with Gasteiger partial charge in [-0.05, 0) is 54.4 Å². The Morgan fingerprint density at radius 3 is 2.09 bits per heavy atom. The number of sulfone groups is 1. The molecule has 0 spiro atoms. The summed E-state index contributed by atoms with van der Waals surface area (Å²) < 4.78 is 31.0. The molecule has 5 heteroatoms. The largest absolute Gasteiger partial charge is 0.356 e. The van der Waals surface area contributed by atoms with Crippen LogP contribution in [0.3, 0.4) is 0 Å². The fourth-order valence-corrected chi connectivity index (χ4v) is 5.61. The fraction of sp³-hybridized carbons (Fsp3) is 0.250. The maximum atomic E-state index is 12.7. The Bertz CT molecular complexity index is 1330. The maximum Gasteiger partial charge on any atom is 0.170 e. The predicted octanol–water partition coefficient (Wildman–Crippen LogP) is 6.35. The van der Waals surface area contributed by atoms with Crippen molar-refractivity contribution in [2.45, 2.75) is 37.9 Å². The topological polar surface area (TPSA) is 60.2 Å². The molecule has 4 nitrogen and oxygen atoms in total. The average Bonchev–Trinajstić information content (AvgIpc) is 3.61. The van der Waals surface area contributed by atoms with Crippen molar-refractivity contribution < 1.29 is 12.9 Å². The van der Waals surface area contributed by atoms with E-state index >= 15 is 0 Å². The van der Waals surface area contributed by atoms with Gasteiger partial charge in [-0.3, -0.25) is 0 Å². The highest BCUT2D eigenvalue weighted by atomic mass is 32.2. The van der Waals surface area contributed by atoms with Crippen molar-refractivity contribution in [3.63, 3.8) is 0 Å². The van der Waals surface area contributed by atoms with E-state index < -0.39 is 9.84 Å². The second kappa shape index (κ2) is 8.99. The summed E-state index contributed by atoms with van der Waals surface area (Å²) in [6, 6.07) is 26.3. The first-order valence-corrected chi connectivity index (χ1v) is 13.2. The van der Waals surface area contributed by atoms with Crippen LogP contribution in [-0.2, 0) is 22.0 Å². The van der Waals surface area contributed by atoms with Gasteiger partial charge in [0.05, 0.1) is 17.2 Å². The van der Waals surface area contributed by atoms with Gasteiger partial charge in [0, 0.05) is 11.1 Å². The van der Waals surface area contributed by atoms with E-state index in [-0.39, 0.29) is 11.5 Å². The molecule has 0 unspecified atom stereocenters. The molecule has 1 aliphatic rings. The SMILES string of the molecule is Cc1noc(-c2ccc(-c3ccc(C4CC4)cc3)cc2)c1CCS(=O)(=O)Cc1ccccc1. The minimum Gasteiger partial charge on any atom is -0.356 e. The van der Waals surface area contributed by atoms with Crippen molar-refractivity contribution in [2.24, 2.45) is 0 Å². The third-order valence-electron chi connectivity index (χ3n) is 6.32. The van der Waals surface area contributed by atoms with Crippen LogP contribution in [0.4, 0.5) is 0 Å². The van der Waals surface area contributed by atoms with Crippen LogP contribution in [0.15, 0.2) is 83.4 Å². The molecule has 0 saturated heterocycles. The molecule has 168 valence electrons. The van der Waals surface area contributed by atoms with E-state index in [0.29, 0.717) is 12.2 Å². The third kappa shape index (κ3) is 5.09. The lowest BCUT2D eigenvalue weighted by Crippen LogP contribution is -2.12. The molecule has 1 heterocycles. The van der Waals surface area contributed by atoms with E-state index in [9.17, 15) is 8.42 Å². The predicted molar refractivity (Wildman–Crippen MR) is 132 cm³/mol. The molecular weight excluding hydrogens is 430 g/mol. The first-order chi connectivity index (χ1) is 16.0. The zero-order chi connectivity index (χ0) is 22.8. The van der Waals surface area contributed by atoms with Crippen molar-refractivity contribution in [3.05, 3.63) is 101 Å². The second-order valence-electron chi connectivity index (χ2n) is 8.88. The molecule has 33 heavy (non-hydrogen) atoms. The van der Waals surface area contributed by atoms with Crippen molar-refractivity contribution in [1.29, 1.82) is 0 Å². The van der Waals surface area contributed by atoms with Crippen molar-refractivity contribution in [1.82, 2.24) is 5.16 Å². The Morgan fingerprint density at radius 2 is 1.45 bits per heavy atom. The highest BCUT2D eigenvalue weighted by Crippen LogP contribution is 2.40. The summed E-state index contributed by atoms with van der Waals surface area (Å²) in [6.45, 7) is 1.86. The molecule has 3 aromatic carbocycles. The first kappa shape index (κ1) is 21.7. The molecule has 0 N–H and O–H groups in total. The fourth-order valence-electron chi connectivity index (χ4n) is 4.25. The smallest absolute Gasteiger partial charge is 0.170 e. The number of aryl methyl sites for hydroxylation is 1. The molecule has 0 aliphatic heterocycles. The average molecular weight is 458 g/mol. The number of aromatic nitrogens is 1. The van der Waals surface area contributed by atoms with Crippen LogP contribution in [0.1, 0.15) is 41.1 Å². The zero-order valence-electron chi connectivity index (χ0n) is 18.7. The van der Waals surface area contributed by atoms with Gasteiger partial charge in [0.25, 0.3) is 0 Å². The number of nitrogens with zero attached hydrogens (tertiary/aromatic N) is 1. The van der Waals surface area contributed by atoms with Crippen LogP contribution >= 0.6 is 0 Å². The molecule has 5 rings (SSSR count). The molecule has 4 aromatic rings. The molecule has 1 saturated carbocycles. The van der Waals surface area contributed by atoms with Gasteiger partial charge in [0.15, 0.2) is 15.6 Å². The summed E-state index contributed by atoms with van der Waals surface area (Å²) in [5, 5.41) is 4.12. The van der Waals surface area contributed by atoms with E-state index in [1.54, 1.807) is 0 Å². The Hall–Kier alpha value is -3.18. The Labute approximate surface area is 195 Å². The van der Waals surface area contributed by atoms with Crippen LogP contribution in [0.25, 0.3) is 22.5 Å². The van der Waals surface area contributed by atoms with Gasteiger partial charge in [-0.15, -0.1) is 0 Å². The van der Waals surface area contributed by atoms with Crippen LogP contribution in [0.5, 0.6) is 0 Å². The first-order valence-electron chi connectivity index (χ1n) is 11.4. The van der Waals surface area contributed by atoms with Gasteiger partial charge in [-0.2, -0.15) is 0 Å². The van der Waals surface area contributed by atoms with E-state index in [4.69, 9.17) is 4.52 Å². The third-order valence-corrected chi connectivity index (χ3v) is 7.92. The maximum absolute atomic E-state index is 12.7. The van der Waals surface area contributed by atoms with Gasteiger partial charge < -0.3 is 4.52 Å². The lowest BCUT2D eigenvalue weighted by molar-refractivity contribution is 0.426. The molecule has 0 radical (unpaired) electrons. The normalized spacial score (nSPS) is 13.8. The van der Waals surface area contributed by atoms with Crippen LogP contribution < -0.4 is 0 Å². The summed E-state index contributed by atoms with van der Waals surface area (Å²) >= 11 is 0. The van der Waals surface area contributed by atoms with Gasteiger partial charge >= 0.3 is 0 Å². The molecule has 0 amide bonds. The Balaban J connectivity index is 1.31. The van der Waals surface area contributed by atoms with Gasteiger partial charge in [0.2, 0.25) is 0 Å². The molecule has 1 aromatic heterocycles. The van der Waals surface area contributed by atoms with Crippen molar-refractivity contribution in [2.75, 3.05) is 5.75 Å². The summed E-state index contributed by atoms with van der Waals surface area (Å²) in [5.41, 5.74) is 7.06. The van der Waals surface area contributed by atoms with Crippen molar-refractivity contribution >= 4 is 9.84 Å². The number of hydrogen-bond acceptors (Lipinski definition) is 4. The lowest BCUT2D eigenvalue weighted by atomic mass is 9.99. The van der Waals surface area contributed by atoms with E-state index in [2.05, 4.69) is 41.6 Å². The summed E-state index contributed by atoms with van der Waals surface area (Å²) in [7, 11) is -3.24.